The van der Waals surface area contributed by atoms with E-state index in [9.17, 15) is 4.79 Å². The molecule has 0 aromatic rings. The summed E-state index contributed by atoms with van der Waals surface area (Å²) in [6, 6.07) is 0. The Morgan fingerprint density at radius 2 is 2.20 bits per heavy atom. The smallest absolute Gasteiger partial charge is 0.267 e. The average Bonchev–Trinajstić information content (AvgIpc) is 2.33. The van der Waals surface area contributed by atoms with E-state index >= 15 is 0 Å². The molecule has 0 spiro atoms. The SMILES string of the molecule is O=C1C=CC2=CN=NC2=N1. The van der Waals surface area contributed by atoms with Crippen molar-refractivity contribution in [2.24, 2.45) is 15.2 Å². The number of nitrogens with zero attached hydrogens (tertiary/aromatic N) is 3. The fraction of sp³-hybridized carbons (Fsp3) is 0. The summed E-state index contributed by atoms with van der Waals surface area (Å²) in [5.74, 6) is 0.153. The Hall–Kier alpha value is -1.58. The van der Waals surface area contributed by atoms with Gasteiger partial charge < -0.3 is 0 Å². The highest BCUT2D eigenvalue weighted by molar-refractivity contribution is 6.13. The summed E-state index contributed by atoms with van der Waals surface area (Å²) in [6.45, 7) is 0. The minimum atomic E-state index is -0.270. The molecule has 0 aliphatic carbocycles. The first-order valence-corrected chi connectivity index (χ1v) is 2.78. The third kappa shape index (κ3) is 0.621. The summed E-state index contributed by atoms with van der Waals surface area (Å²) in [6.07, 6.45) is 4.62. The van der Waals surface area contributed by atoms with E-state index in [1.165, 1.54) is 6.08 Å². The molecule has 0 fully saturated rings. The van der Waals surface area contributed by atoms with Crippen LogP contribution in [0.15, 0.2) is 39.1 Å². The average molecular weight is 133 g/mol. The molecule has 0 aromatic carbocycles. The monoisotopic (exact) mass is 133 g/mol. The van der Waals surface area contributed by atoms with Crippen LogP contribution >= 0.6 is 0 Å². The molecule has 1 amide bonds. The van der Waals surface area contributed by atoms with E-state index < -0.39 is 0 Å². The van der Waals surface area contributed by atoms with Gasteiger partial charge in [-0.3, -0.25) is 4.79 Å². The van der Waals surface area contributed by atoms with Gasteiger partial charge in [-0.25, -0.2) is 0 Å². The van der Waals surface area contributed by atoms with Crippen molar-refractivity contribution in [2.75, 3.05) is 0 Å². The summed E-state index contributed by atoms with van der Waals surface area (Å²) < 4.78 is 0. The van der Waals surface area contributed by atoms with Crippen LogP contribution in [0, 0.1) is 0 Å². The molecular weight excluding hydrogens is 130 g/mol. The summed E-state index contributed by atoms with van der Waals surface area (Å²) in [7, 11) is 0. The van der Waals surface area contributed by atoms with Gasteiger partial charge >= 0.3 is 0 Å². The minimum absolute atomic E-state index is 0.270. The van der Waals surface area contributed by atoms with E-state index in [1.807, 2.05) is 0 Å². The number of rotatable bonds is 0. The first kappa shape index (κ1) is 5.22. The Morgan fingerprint density at radius 3 is 3.10 bits per heavy atom. The van der Waals surface area contributed by atoms with Crippen molar-refractivity contribution >= 4 is 11.7 Å². The minimum Gasteiger partial charge on any atom is -0.267 e. The van der Waals surface area contributed by atoms with E-state index in [1.54, 1.807) is 12.3 Å². The Bertz CT molecular complexity index is 309. The lowest BCUT2D eigenvalue weighted by molar-refractivity contribution is -0.113. The highest BCUT2D eigenvalue weighted by Crippen LogP contribution is 2.13. The standard InChI is InChI=1S/C6H3N3O/c10-5-2-1-4-3-7-9-6(4)8-5/h1-3H. The van der Waals surface area contributed by atoms with Crippen molar-refractivity contribution < 1.29 is 4.79 Å². The van der Waals surface area contributed by atoms with Gasteiger partial charge in [0.15, 0.2) is 5.84 Å². The number of hydrogen-bond donors (Lipinski definition) is 0. The number of carbonyl (C=O) groups excluding carboxylic acids is 1. The van der Waals surface area contributed by atoms with Gasteiger partial charge in [-0.1, -0.05) is 0 Å². The predicted octanol–water partition coefficient (Wildman–Crippen LogP) is 0.831. The number of aliphatic imine (C=N–C) groups is 1. The number of amides is 1. The molecule has 2 rings (SSSR count). The van der Waals surface area contributed by atoms with Crippen molar-refractivity contribution in [3.05, 3.63) is 23.9 Å². The zero-order valence-electron chi connectivity index (χ0n) is 4.98. The second kappa shape index (κ2) is 1.70. The van der Waals surface area contributed by atoms with E-state index in [-0.39, 0.29) is 5.91 Å². The van der Waals surface area contributed by atoms with Crippen molar-refractivity contribution in [1.29, 1.82) is 0 Å². The molecule has 0 radical (unpaired) electrons. The maximum Gasteiger partial charge on any atom is 0.271 e. The normalized spacial score (nSPS) is 20.6. The predicted molar refractivity (Wildman–Crippen MR) is 34.5 cm³/mol. The first-order valence-electron chi connectivity index (χ1n) is 2.78. The highest BCUT2D eigenvalue weighted by atomic mass is 16.1. The van der Waals surface area contributed by atoms with Gasteiger partial charge in [-0.05, 0) is 6.08 Å². The molecule has 0 saturated heterocycles. The van der Waals surface area contributed by atoms with Gasteiger partial charge in [0.05, 0.1) is 6.20 Å². The number of amidine groups is 1. The number of dihydropyridines is 1. The van der Waals surface area contributed by atoms with Gasteiger partial charge in [0, 0.05) is 11.6 Å². The van der Waals surface area contributed by atoms with Gasteiger partial charge in [-0.15, -0.1) is 5.11 Å². The van der Waals surface area contributed by atoms with Crippen molar-refractivity contribution in [3.8, 4) is 0 Å². The Balaban J connectivity index is 2.51. The van der Waals surface area contributed by atoms with Crippen LogP contribution in [0.3, 0.4) is 0 Å². The topological polar surface area (TPSA) is 54.1 Å². The molecule has 2 heterocycles. The Kier molecular flexibility index (Phi) is 0.887. The summed E-state index contributed by atoms with van der Waals surface area (Å²) in [4.78, 5) is 14.2. The molecule has 0 bridgehead atoms. The van der Waals surface area contributed by atoms with E-state index in [0.29, 0.717) is 5.84 Å². The lowest BCUT2D eigenvalue weighted by Crippen LogP contribution is -2.03. The van der Waals surface area contributed by atoms with Crippen LogP contribution in [0.1, 0.15) is 0 Å². The van der Waals surface area contributed by atoms with Crippen molar-refractivity contribution in [2.45, 2.75) is 0 Å². The maximum atomic E-state index is 10.6. The second-order valence-electron chi connectivity index (χ2n) is 1.91. The molecule has 0 saturated carbocycles. The second-order valence-corrected chi connectivity index (χ2v) is 1.91. The largest absolute Gasteiger partial charge is 0.271 e. The highest BCUT2D eigenvalue weighted by Gasteiger charge is 2.13. The molecule has 4 heteroatoms. The maximum absolute atomic E-state index is 10.6. The summed E-state index contributed by atoms with van der Waals surface area (Å²) in [5, 5.41) is 7.21. The molecule has 10 heavy (non-hydrogen) atoms. The van der Waals surface area contributed by atoms with Gasteiger partial charge in [0.25, 0.3) is 5.91 Å². The zero-order valence-corrected chi connectivity index (χ0v) is 4.98. The molecule has 48 valence electrons. The number of hydrogen-bond acceptors (Lipinski definition) is 3. The van der Waals surface area contributed by atoms with E-state index in [4.69, 9.17) is 0 Å². The van der Waals surface area contributed by atoms with Crippen molar-refractivity contribution in [3.63, 3.8) is 0 Å². The zero-order chi connectivity index (χ0) is 6.97. The molecule has 2 aliphatic heterocycles. The summed E-state index contributed by atoms with van der Waals surface area (Å²) in [5.41, 5.74) is 0.805. The molecule has 0 N–H and O–H groups in total. The number of carbonyl (C=O) groups is 1. The van der Waals surface area contributed by atoms with Crippen LogP contribution < -0.4 is 0 Å². The lowest BCUT2D eigenvalue weighted by Gasteiger charge is -1.96. The first-order chi connectivity index (χ1) is 4.86. The third-order valence-corrected chi connectivity index (χ3v) is 1.23. The van der Waals surface area contributed by atoms with Gasteiger partial charge in [0.2, 0.25) is 0 Å². The quantitative estimate of drug-likeness (QED) is 0.482. The van der Waals surface area contributed by atoms with Crippen LogP contribution in [-0.2, 0) is 4.79 Å². The number of azo groups is 1. The lowest BCUT2D eigenvalue weighted by atomic mass is 10.2. The molecule has 0 unspecified atom stereocenters. The molecular formula is C6H3N3O. The Morgan fingerprint density at radius 1 is 1.30 bits per heavy atom. The molecule has 0 atom stereocenters. The van der Waals surface area contributed by atoms with Crippen LogP contribution in [0.25, 0.3) is 0 Å². The fourth-order valence-corrected chi connectivity index (χ4v) is 0.768. The molecule has 0 aromatic heterocycles. The molecule has 2 aliphatic rings. The van der Waals surface area contributed by atoms with Crippen LogP contribution in [-0.4, -0.2) is 11.7 Å². The third-order valence-electron chi connectivity index (χ3n) is 1.23. The van der Waals surface area contributed by atoms with E-state index in [2.05, 4.69) is 15.2 Å². The summed E-state index contributed by atoms with van der Waals surface area (Å²) >= 11 is 0. The Labute approximate surface area is 56.7 Å². The van der Waals surface area contributed by atoms with Gasteiger partial charge in [0.1, 0.15) is 0 Å². The molecule has 4 nitrogen and oxygen atoms in total. The van der Waals surface area contributed by atoms with Crippen LogP contribution in [0.2, 0.25) is 0 Å². The van der Waals surface area contributed by atoms with Crippen molar-refractivity contribution in [1.82, 2.24) is 0 Å². The van der Waals surface area contributed by atoms with Gasteiger partial charge in [-0.2, -0.15) is 10.1 Å². The van der Waals surface area contributed by atoms with E-state index in [0.717, 1.165) is 5.57 Å². The van der Waals surface area contributed by atoms with Crippen LogP contribution in [0.5, 0.6) is 0 Å². The van der Waals surface area contributed by atoms with Crippen LogP contribution in [0.4, 0.5) is 0 Å². The fourth-order valence-electron chi connectivity index (χ4n) is 0.768. The number of fused-ring (bicyclic) bond motifs is 1.